The number of ketones is 2. The van der Waals surface area contributed by atoms with E-state index in [1.54, 1.807) is 18.2 Å². The molecule has 42 heavy (non-hydrogen) atoms. The number of hydrogen-bond acceptors (Lipinski definition) is 11. The lowest BCUT2D eigenvalue weighted by Crippen LogP contribution is -2.65. The summed E-state index contributed by atoms with van der Waals surface area (Å²) in [6.45, 7) is 0. The molecule has 0 saturated heterocycles. The summed E-state index contributed by atoms with van der Waals surface area (Å²) in [6, 6.07) is 7.96. The van der Waals surface area contributed by atoms with Crippen LogP contribution in [0.1, 0.15) is 17.5 Å². The number of methoxy groups -OCH3 is 1. The number of fused-ring (bicyclic) bond motifs is 3. The number of Topliss-reactive ketones (excluding diaryl/α,β-unsaturated/α-hetero) is 2. The lowest BCUT2D eigenvalue weighted by Gasteiger charge is -2.50. The van der Waals surface area contributed by atoms with Crippen molar-refractivity contribution in [3.05, 3.63) is 64.4 Å². The van der Waals surface area contributed by atoms with Crippen molar-refractivity contribution >= 4 is 35.0 Å². The van der Waals surface area contributed by atoms with E-state index >= 15 is 0 Å². The summed E-state index contributed by atoms with van der Waals surface area (Å²) in [5.41, 5.74) is 1.56. The van der Waals surface area contributed by atoms with Gasteiger partial charge in [-0.3, -0.25) is 24.6 Å². The molecule has 0 heterocycles. The quantitative estimate of drug-likeness (QED) is 0.221. The summed E-state index contributed by atoms with van der Waals surface area (Å²) in [7, 11) is 4.54. The van der Waals surface area contributed by atoms with E-state index in [-0.39, 0.29) is 35.4 Å². The average Bonchev–Trinajstić information content (AvgIpc) is 2.92. The predicted molar refractivity (Wildman–Crippen MR) is 147 cm³/mol. The lowest BCUT2D eigenvalue weighted by molar-refractivity contribution is -0.153. The Morgan fingerprint density at radius 3 is 2.29 bits per heavy atom. The van der Waals surface area contributed by atoms with Crippen LogP contribution in [0.5, 0.6) is 17.2 Å². The number of likely N-dealkylation sites (N-methyl/N-ethyl adjacent to an activating group) is 1. The molecule has 3 aliphatic rings. The van der Waals surface area contributed by atoms with Crippen LogP contribution in [-0.2, 0) is 20.8 Å². The number of aliphatic hydroxyl groups excluding tert-OH is 2. The van der Waals surface area contributed by atoms with Crippen LogP contribution in [-0.4, -0.2) is 81.7 Å². The molecule has 1 saturated carbocycles. The number of carbonyl (C=O) groups is 4. The molecule has 0 bridgehead atoms. The molecule has 0 unspecified atom stereocenters. The Bertz CT molecular complexity index is 1590. The van der Waals surface area contributed by atoms with Gasteiger partial charge in [0.25, 0.3) is 5.91 Å². The van der Waals surface area contributed by atoms with Crippen molar-refractivity contribution in [3.8, 4) is 17.2 Å². The highest BCUT2D eigenvalue weighted by molar-refractivity contribution is 6.24. The molecule has 13 nitrogen and oxygen atoms in total. The molecular weight excluding hydrogens is 550 g/mol. The zero-order chi connectivity index (χ0) is 30.7. The highest BCUT2D eigenvalue weighted by Gasteiger charge is 2.64. The number of phenolic OH excluding ortho intramolecular Hbond substituents is 1. The van der Waals surface area contributed by atoms with Crippen molar-refractivity contribution in [1.29, 1.82) is 0 Å². The number of nitrogens with zero attached hydrogens (tertiary/aromatic N) is 1. The van der Waals surface area contributed by atoms with Gasteiger partial charge >= 0.3 is 6.09 Å². The van der Waals surface area contributed by atoms with Gasteiger partial charge in [0.1, 0.15) is 34.3 Å². The van der Waals surface area contributed by atoms with E-state index in [1.807, 2.05) is 0 Å². The van der Waals surface area contributed by atoms with Gasteiger partial charge in [-0.15, -0.1) is 0 Å². The van der Waals surface area contributed by atoms with Gasteiger partial charge in [-0.2, -0.15) is 0 Å². The third-order valence-electron chi connectivity index (χ3n) is 8.10. The summed E-state index contributed by atoms with van der Waals surface area (Å²) in [5.74, 6) is -6.79. The lowest BCUT2D eigenvalue weighted by atomic mass is 9.57. The normalized spacial score (nSPS) is 25.0. The summed E-state index contributed by atoms with van der Waals surface area (Å²) in [5, 5.41) is 47.3. The van der Waals surface area contributed by atoms with Crippen molar-refractivity contribution in [1.82, 2.24) is 4.90 Å². The fourth-order valence-electron chi connectivity index (χ4n) is 6.21. The van der Waals surface area contributed by atoms with E-state index in [0.717, 1.165) is 0 Å². The van der Waals surface area contributed by atoms with Crippen LogP contribution in [0.15, 0.2) is 53.3 Å². The Morgan fingerprint density at radius 1 is 1.05 bits per heavy atom. The molecule has 0 spiro atoms. The maximum atomic E-state index is 13.9. The van der Waals surface area contributed by atoms with Crippen molar-refractivity contribution in [2.75, 3.05) is 26.5 Å². The van der Waals surface area contributed by atoms with Gasteiger partial charge in [-0.1, -0.05) is 6.07 Å². The Morgan fingerprint density at radius 2 is 1.69 bits per heavy atom. The smallest absolute Gasteiger partial charge is 0.417 e. The van der Waals surface area contributed by atoms with Gasteiger partial charge in [0.15, 0.2) is 11.4 Å². The SMILES string of the molecule is COc1ccc(OC(=O)Nc2ccc3c(c2O)C(O)=C2C(=O)[C@]4(O)C(O)=C(C(N)=O)C(=O)[C@@H](N(C)C)[C@@H]4C[C@@H]2C3)cc1. The fraction of sp³-hybridized carbons (Fsp3) is 0.310. The number of benzene rings is 2. The second-order valence-corrected chi connectivity index (χ2v) is 10.6. The fourth-order valence-corrected chi connectivity index (χ4v) is 6.21. The van der Waals surface area contributed by atoms with Crippen LogP contribution in [0.4, 0.5) is 10.5 Å². The van der Waals surface area contributed by atoms with E-state index in [9.17, 15) is 39.6 Å². The number of amides is 2. The molecule has 5 rings (SSSR count). The van der Waals surface area contributed by atoms with Crippen molar-refractivity contribution in [2.24, 2.45) is 17.6 Å². The van der Waals surface area contributed by atoms with Gasteiger partial charge in [-0.05, 0) is 68.8 Å². The molecule has 0 aromatic heterocycles. The Kier molecular flexibility index (Phi) is 6.95. The molecule has 7 N–H and O–H groups in total. The molecule has 4 atom stereocenters. The first-order valence-electron chi connectivity index (χ1n) is 12.9. The number of ether oxygens (including phenoxy) is 2. The first-order valence-corrected chi connectivity index (χ1v) is 12.9. The number of anilines is 1. The third-order valence-corrected chi connectivity index (χ3v) is 8.10. The average molecular weight is 580 g/mol. The van der Waals surface area contributed by atoms with Crippen LogP contribution in [0, 0.1) is 11.8 Å². The van der Waals surface area contributed by atoms with E-state index in [2.05, 4.69) is 5.32 Å². The van der Waals surface area contributed by atoms with Crippen LogP contribution in [0.3, 0.4) is 0 Å². The van der Waals surface area contributed by atoms with E-state index in [1.165, 1.54) is 44.3 Å². The number of aromatic hydroxyl groups is 1. The Balaban J connectivity index is 1.52. The molecule has 3 aliphatic carbocycles. The van der Waals surface area contributed by atoms with Gasteiger partial charge < -0.3 is 35.6 Å². The van der Waals surface area contributed by atoms with Crippen LogP contribution in [0.2, 0.25) is 0 Å². The van der Waals surface area contributed by atoms with Gasteiger partial charge in [0, 0.05) is 11.5 Å². The minimum Gasteiger partial charge on any atom is -0.508 e. The van der Waals surface area contributed by atoms with Crippen LogP contribution >= 0.6 is 0 Å². The molecular formula is C29H29N3O10. The standard InChI is InChI=1S/C29H29N3O10/c1-32(2)21-16-11-13-10-12-4-9-17(31-28(39)42-15-7-5-14(41-3)6-8-15)22(33)18(12)23(34)19(13)25(36)29(16,40)26(37)20(24(21)35)27(30)38/h4-9,13,16,21,33-34,37,40H,10-11H2,1-3H3,(H2,30,38)(H,31,39)/t13-,16-,21-,29-/m0/s1. The molecule has 0 radical (unpaired) electrons. The van der Waals surface area contributed by atoms with Gasteiger partial charge in [0.05, 0.1) is 24.4 Å². The number of nitrogens with two attached hydrogens (primary N) is 1. The topological polar surface area (TPSA) is 209 Å². The van der Waals surface area contributed by atoms with Crippen LogP contribution < -0.4 is 20.5 Å². The zero-order valence-corrected chi connectivity index (χ0v) is 22.9. The second kappa shape index (κ2) is 10.2. The third kappa shape index (κ3) is 4.25. The van der Waals surface area contributed by atoms with Crippen LogP contribution in [0.25, 0.3) is 5.76 Å². The highest BCUT2D eigenvalue weighted by atomic mass is 16.6. The minimum atomic E-state index is -2.74. The Hall–Kier alpha value is -4.88. The monoisotopic (exact) mass is 579 g/mol. The maximum absolute atomic E-state index is 13.9. The second-order valence-electron chi connectivity index (χ2n) is 10.6. The number of carbonyl (C=O) groups excluding carboxylic acids is 4. The molecule has 2 aromatic rings. The summed E-state index contributed by atoms with van der Waals surface area (Å²) >= 11 is 0. The number of primary amides is 1. The molecule has 13 heteroatoms. The number of phenols is 1. The summed E-state index contributed by atoms with van der Waals surface area (Å²) in [4.78, 5) is 53.1. The van der Waals surface area contributed by atoms with Crippen molar-refractivity contribution in [2.45, 2.75) is 24.5 Å². The number of rotatable bonds is 5. The molecule has 220 valence electrons. The van der Waals surface area contributed by atoms with Gasteiger partial charge in [-0.25, -0.2) is 4.79 Å². The zero-order valence-electron chi connectivity index (χ0n) is 22.9. The molecule has 1 fully saturated rings. The van der Waals surface area contributed by atoms with Gasteiger partial charge in [0.2, 0.25) is 5.78 Å². The Labute approximate surface area is 239 Å². The summed E-state index contributed by atoms with van der Waals surface area (Å²) in [6.07, 6.45) is -0.850. The molecule has 2 amide bonds. The molecule has 0 aliphatic heterocycles. The minimum absolute atomic E-state index is 0.0271. The first kappa shape index (κ1) is 28.6. The van der Waals surface area contributed by atoms with E-state index in [4.69, 9.17) is 15.2 Å². The first-order chi connectivity index (χ1) is 19.8. The van der Waals surface area contributed by atoms with Crippen molar-refractivity contribution < 1.29 is 49.1 Å². The van der Waals surface area contributed by atoms with E-state index in [0.29, 0.717) is 11.3 Å². The van der Waals surface area contributed by atoms with E-state index < -0.39 is 69.9 Å². The number of aliphatic hydroxyl groups is 3. The van der Waals surface area contributed by atoms with Crippen molar-refractivity contribution in [3.63, 3.8) is 0 Å². The predicted octanol–water partition coefficient (Wildman–Crippen LogP) is 1.58. The summed E-state index contributed by atoms with van der Waals surface area (Å²) < 4.78 is 10.3. The number of hydrogen-bond donors (Lipinski definition) is 6. The highest BCUT2D eigenvalue weighted by Crippen LogP contribution is 2.53. The molecule has 2 aromatic carbocycles. The largest absolute Gasteiger partial charge is 0.508 e. The maximum Gasteiger partial charge on any atom is 0.417 e. The number of nitrogens with one attached hydrogen (secondary N) is 1.